The van der Waals surface area contributed by atoms with Gasteiger partial charge in [0.2, 0.25) is 0 Å². The van der Waals surface area contributed by atoms with E-state index < -0.39 is 24.0 Å². The molecule has 0 saturated carbocycles. The highest BCUT2D eigenvalue weighted by atomic mass is 16.5. The number of para-hydroxylation sites is 1. The zero-order valence-corrected chi connectivity index (χ0v) is 22.8. The van der Waals surface area contributed by atoms with Crippen molar-refractivity contribution in [1.82, 2.24) is 10.6 Å². The van der Waals surface area contributed by atoms with E-state index in [1.54, 1.807) is 38.1 Å². The van der Waals surface area contributed by atoms with Gasteiger partial charge in [0.15, 0.2) is 0 Å². The highest BCUT2D eigenvalue weighted by Crippen LogP contribution is 2.43. The predicted molar refractivity (Wildman–Crippen MR) is 150 cm³/mol. The number of allylic oxidation sites excluding steroid dienone is 2. The van der Waals surface area contributed by atoms with Crippen molar-refractivity contribution in [2.75, 3.05) is 32.9 Å². The molecule has 214 valence electrons. The fraction of sp³-hybridized carbons (Fsp3) is 0.333. The number of carboxylic acid groups (broad SMARTS) is 2. The van der Waals surface area contributed by atoms with Crippen molar-refractivity contribution in [3.63, 3.8) is 0 Å². The van der Waals surface area contributed by atoms with Gasteiger partial charge in [-0.25, -0.2) is 9.59 Å². The zero-order valence-electron chi connectivity index (χ0n) is 22.8. The lowest BCUT2D eigenvalue weighted by Gasteiger charge is -2.30. The molecular formula is C30H36N2O8. The molecule has 0 radical (unpaired) electrons. The molecule has 0 aliphatic carbocycles. The number of nitrogens with one attached hydrogen (secondary N) is 2. The summed E-state index contributed by atoms with van der Waals surface area (Å²) >= 11 is 0. The van der Waals surface area contributed by atoms with E-state index in [4.69, 9.17) is 14.2 Å². The minimum Gasteiger partial charge on any atom is -0.494 e. The van der Waals surface area contributed by atoms with Gasteiger partial charge in [-0.15, -0.1) is 0 Å². The normalized spacial score (nSPS) is 14.7. The second-order valence-electron chi connectivity index (χ2n) is 9.10. The van der Waals surface area contributed by atoms with E-state index in [9.17, 15) is 24.9 Å². The van der Waals surface area contributed by atoms with Crippen LogP contribution in [-0.2, 0) is 9.59 Å². The molecule has 10 nitrogen and oxygen atoms in total. The van der Waals surface area contributed by atoms with Crippen molar-refractivity contribution in [3.8, 4) is 17.2 Å². The highest BCUT2D eigenvalue weighted by molar-refractivity contribution is 5.98. The van der Waals surface area contributed by atoms with Gasteiger partial charge in [-0.05, 0) is 51.1 Å². The molecule has 1 aliphatic heterocycles. The van der Waals surface area contributed by atoms with E-state index in [2.05, 4.69) is 10.6 Å². The molecule has 1 heterocycles. The van der Waals surface area contributed by atoms with Gasteiger partial charge in [0, 0.05) is 30.0 Å². The van der Waals surface area contributed by atoms with E-state index in [0.717, 1.165) is 0 Å². The summed E-state index contributed by atoms with van der Waals surface area (Å²) in [6, 6.07) is 14.2. The Kier molecular flexibility index (Phi) is 11.2. The minimum atomic E-state index is -1.23. The molecule has 2 aromatic carbocycles. The molecule has 0 amide bonds. The van der Waals surface area contributed by atoms with Crippen LogP contribution in [0, 0.1) is 0 Å². The maximum atomic E-state index is 12.2. The van der Waals surface area contributed by atoms with Crippen LogP contribution >= 0.6 is 0 Å². The van der Waals surface area contributed by atoms with Crippen molar-refractivity contribution >= 4 is 11.9 Å². The van der Waals surface area contributed by atoms with Crippen LogP contribution < -0.4 is 24.8 Å². The van der Waals surface area contributed by atoms with Crippen LogP contribution in [-0.4, -0.2) is 66.3 Å². The lowest BCUT2D eigenvalue weighted by atomic mass is 9.80. The molecule has 0 fully saturated rings. The summed E-state index contributed by atoms with van der Waals surface area (Å²) < 4.78 is 17.1. The molecule has 5 N–H and O–H groups in total. The van der Waals surface area contributed by atoms with Gasteiger partial charge >= 0.3 is 11.9 Å². The number of hydrogen-bond donors (Lipinski definition) is 5. The lowest BCUT2D eigenvalue weighted by Crippen LogP contribution is -2.31. The van der Waals surface area contributed by atoms with Gasteiger partial charge in [0.05, 0.1) is 23.7 Å². The summed E-state index contributed by atoms with van der Waals surface area (Å²) in [6.07, 6.45) is 2.94. The predicted octanol–water partition coefficient (Wildman–Crippen LogP) is 3.45. The maximum Gasteiger partial charge on any atom is 0.334 e. The van der Waals surface area contributed by atoms with Crippen LogP contribution in [0.1, 0.15) is 32.3 Å². The van der Waals surface area contributed by atoms with E-state index in [0.29, 0.717) is 53.9 Å². The maximum absolute atomic E-state index is 12.2. The number of aliphatic hydroxyl groups is 1. The Balaban J connectivity index is 1.67. The molecule has 0 bridgehead atoms. The fourth-order valence-corrected chi connectivity index (χ4v) is 4.40. The lowest BCUT2D eigenvalue weighted by molar-refractivity contribution is -0.133. The minimum absolute atomic E-state index is 0.0731. The Morgan fingerprint density at radius 2 is 1.62 bits per heavy atom. The standard InChI is InChI=1S/C30H36N2O8/c1-4-38-23-12-13-25(24(16-23)28-26(29(34)35)19(2)32-20(3)27(28)30(36)37)39-15-9-8-14-31-17-21(33)18-40-22-10-6-5-7-11-22/h5-13,16,21,28,31-33H,4,14-15,17-18H2,1-3H3,(H,34,35)(H,36,37)/t21-/m0/s1. The zero-order chi connectivity index (χ0) is 29.1. The monoisotopic (exact) mass is 552 g/mol. The number of aliphatic carboxylic acids is 2. The average Bonchev–Trinajstić information content (AvgIpc) is 2.91. The molecule has 10 heteroatoms. The van der Waals surface area contributed by atoms with Crippen molar-refractivity contribution in [2.24, 2.45) is 0 Å². The number of dihydropyridines is 1. The number of carboxylic acids is 2. The fourth-order valence-electron chi connectivity index (χ4n) is 4.40. The summed E-state index contributed by atoms with van der Waals surface area (Å²) in [5, 5.41) is 36.1. The van der Waals surface area contributed by atoms with Crippen molar-refractivity contribution in [2.45, 2.75) is 32.8 Å². The number of rotatable bonds is 15. The molecule has 0 unspecified atom stereocenters. The van der Waals surface area contributed by atoms with Gasteiger partial charge in [-0.2, -0.15) is 0 Å². The molecule has 0 aromatic heterocycles. The van der Waals surface area contributed by atoms with E-state index in [-0.39, 0.29) is 24.4 Å². The van der Waals surface area contributed by atoms with Crippen LogP contribution in [0.25, 0.3) is 0 Å². The Hall–Kier alpha value is -4.28. The first-order valence-corrected chi connectivity index (χ1v) is 13.0. The third kappa shape index (κ3) is 8.11. The van der Waals surface area contributed by atoms with Crippen LogP contribution in [0.2, 0.25) is 0 Å². The van der Waals surface area contributed by atoms with E-state index in [1.165, 1.54) is 0 Å². The van der Waals surface area contributed by atoms with Gasteiger partial charge < -0.3 is 40.2 Å². The van der Waals surface area contributed by atoms with E-state index >= 15 is 0 Å². The van der Waals surface area contributed by atoms with Gasteiger partial charge in [-0.3, -0.25) is 0 Å². The molecule has 1 atom stereocenters. The van der Waals surface area contributed by atoms with Gasteiger partial charge in [-0.1, -0.05) is 30.4 Å². The molecular weight excluding hydrogens is 516 g/mol. The SMILES string of the molecule is CCOc1ccc(OCC=CCNC[C@H](O)COc2ccccc2)c(C2C(C(=O)O)=C(C)NC(C)=C2C(=O)O)c1. The second-order valence-corrected chi connectivity index (χ2v) is 9.10. The first-order chi connectivity index (χ1) is 19.2. The summed E-state index contributed by atoms with van der Waals surface area (Å²) in [5.41, 5.74) is 0.950. The highest BCUT2D eigenvalue weighted by Gasteiger charge is 2.38. The number of benzene rings is 2. The largest absolute Gasteiger partial charge is 0.494 e. The Morgan fingerprint density at radius 3 is 2.25 bits per heavy atom. The molecule has 2 aromatic rings. The number of hydrogen-bond acceptors (Lipinski definition) is 8. The Labute approximate surface area is 233 Å². The quantitative estimate of drug-likeness (QED) is 0.164. The summed E-state index contributed by atoms with van der Waals surface area (Å²) in [4.78, 5) is 24.5. The second kappa shape index (κ2) is 14.8. The van der Waals surface area contributed by atoms with Gasteiger partial charge in [0.25, 0.3) is 0 Å². The molecule has 3 rings (SSSR count). The number of carbonyl (C=O) groups is 2. The van der Waals surface area contributed by atoms with Crippen molar-refractivity contribution < 1.29 is 39.1 Å². The van der Waals surface area contributed by atoms with Crippen LogP contribution in [0.4, 0.5) is 0 Å². The first-order valence-electron chi connectivity index (χ1n) is 13.0. The Morgan fingerprint density at radius 1 is 0.950 bits per heavy atom. The Bertz CT molecular complexity index is 1230. The summed E-state index contributed by atoms with van der Waals surface area (Å²) in [5.74, 6) is -2.01. The van der Waals surface area contributed by atoms with Crippen LogP contribution in [0.3, 0.4) is 0 Å². The smallest absolute Gasteiger partial charge is 0.334 e. The van der Waals surface area contributed by atoms with E-state index in [1.807, 2.05) is 43.3 Å². The summed E-state index contributed by atoms with van der Waals surface area (Å²) in [6.45, 7) is 6.55. The topological polar surface area (TPSA) is 147 Å². The first kappa shape index (κ1) is 30.3. The molecule has 0 saturated heterocycles. The van der Waals surface area contributed by atoms with Crippen LogP contribution in [0.5, 0.6) is 17.2 Å². The van der Waals surface area contributed by atoms with Crippen LogP contribution in [0.15, 0.2) is 83.2 Å². The molecule has 0 spiro atoms. The molecule has 40 heavy (non-hydrogen) atoms. The molecule has 1 aliphatic rings. The van der Waals surface area contributed by atoms with Crippen molar-refractivity contribution in [3.05, 3.63) is 88.8 Å². The number of ether oxygens (including phenoxy) is 3. The average molecular weight is 553 g/mol. The van der Waals surface area contributed by atoms with Gasteiger partial charge in [0.1, 0.15) is 36.6 Å². The number of aliphatic hydroxyl groups excluding tert-OH is 1. The summed E-state index contributed by atoms with van der Waals surface area (Å²) in [7, 11) is 0. The third-order valence-electron chi connectivity index (χ3n) is 6.15. The third-order valence-corrected chi connectivity index (χ3v) is 6.15. The van der Waals surface area contributed by atoms with Crippen molar-refractivity contribution in [1.29, 1.82) is 0 Å².